The smallest absolute Gasteiger partial charge is 0.350 e. The number of nitrogens with one attached hydrogen (secondary N) is 1. The number of aromatic nitrogens is 1. The number of anilines is 1. The summed E-state index contributed by atoms with van der Waals surface area (Å²) in [6, 6.07) is 5.24. The topological polar surface area (TPSA) is 90.7 Å². The number of esters is 1. The number of furan rings is 1. The Morgan fingerprint density at radius 3 is 2.79 bits per heavy atom. The van der Waals surface area contributed by atoms with Crippen molar-refractivity contribution in [1.29, 1.82) is 0 Å². The van der Waals surface area contributed by atoms with Crippen LogP contribution in [0, 0.1) is 12.8 Å². The van der Waals surface area contributed by atoms with Crippen LogP contribution in [0.5, 0.6) is 5.75 Å². The fraction of sp³-hybridized carbons (Fsp3) is 0.350. The number of carbonyl (C=O) groups excluding carboxylic acids is 2. The molecule has 1 N–H and O–H groups in total. The van der Waals surface area contributed by atoms with Gasteiger partial charge >= 0.3 is 5.97 Å². The number of benzene rings is 1. The summed E-state index contributed by atoms with van der Waals surface area (Å²) in [4.78, 5) is 28.8. The average Bonchev–Trinajstić information content (AvgIpc) is 3.25. The first-order valence-corrected chi connectivity index (χ1v) is 9.80. The lowest BCUT2D eigenvalue weighted by atomic mass is 10.1. The van der Waals surface area contributed by atoms with Gasteiger partial charge in [-0.2, -0.15) is 0 Å². The van der Waals surface area contributed by atoms with Crippen LogP contribution in [0.25, 0.3) is 11.0 Å². The molecule has 0 aliphatic carbocycles. The molecule has 148 valence electrons. The fourth-order valence-corrected chi connectivity index (χ4v) is 3.24. The molecule has 2 heterocycles. The number of aryl methyl sites for hydroxylation is 1. The van der Waals surface area contributed by atoms with E-state index in [1.54, 1.807) is 19.1 Å². The van der Waals surface area contributed by atoms with Crippen molar-refractivity contribution in [3.8, 4) is 5.75 Å². The van der Waals surface area contributed by atoms with Crippen LogP contribution in [0.15, 0.2) is 28.8 Å². The van der Waals surface area contributed by atoms with Crippen LogP contribution < -0.4 is 10.1 Å². The number of hydrogen-bond donors (Lipinski definition) is 1. The minimum absolute atomic E-state index is 0.278. The maximum atomic E-state index is 12.7. The lowest BCUT2D eigenvalue weighted by Crippen LogP contribution is -2.12. The molecule has 3 rings (SSSR count). The zero-order chi connectivity index (χ0) is 20.3. The Hall–Kier alpha value is -2.87. The molecule has 1 amide bonds. The first kappa shape index (κ1) is 19.9. The van der Waals surface area contributed by atoms with Gasteiger partial charge in [0.2, 0.25) is 0 Å². The SMILES string of the molecule is CCOC(=O)c1cnc(NC(=O)c2cc(OCC(C)C)c3cc(C)oc3c2)s1. The Labute approximate surface area is 166 Å². The quantitative estimate of drug-likeness (QED) is 0.578. The van der Waals surface area contributed by atoms with Crippen LogP contribution in [0.2, 0.25) is 0 Å². The molecule has 1 aromatic carbocycles. The van der Waals surface area contributed by atoms with E-state index in [2.05, 4.69) is 24.1 Å². The predicted molar refractivity (Wildman–Crippen MR) is 107 cm³/mol. The molecule has 0 aliphatic heterocycles. The van der Waals surface area contributed by atoms with Crippen molar-refractivity contribution in [2.75, 3.05) is 18.5 Å². The molecule has 0 saturated carbocycles. The van der Waals surface area contributed by atoms with E-state index in [-0.39, 0.29) is 12.5 Å². The van der Waals surface area contributed by atoms with Crippen molar-refractivity contribution in [2.45, 2.75) is 27.7 Å². The molecule has 0 aliphatic rings. The van der Waals surface area contributed by atoms with Gasteiger partial charge in [0, 0.05) is 5.56 Å². The van der Waals surface area contributed by atoms with E-state index in [0.29, 0.717) is 39.4 Å². The van der Waals surface area contributed by atoms with Crippen LogP contribution in [-0.2, 0) is 4.74 Å². The van der Waals surface area contributed by atoms with E-state index < -0.39 is 5.97 Å². The Kier molecular flexibility index (Phi) is 5.99. The minimum Gasteiger partial charge on any atom is -0.493 e. The molecule has 0 spiro atoms. The maximum absolute atomic E-state index is 12.7. The van der Waals surface area contributed by atoms with E-state index in [4.69, 9.17) is 13.9 Å². The van der Waals surface area contributed by atoms with Crippen LogP contribution in [0.4, 0.5) is 5.13 Å². The molecule has 2 aromatic heterocycles. The molecule has 0 fully saturated rings. The predicted octanol–water partition coefficient (Wildman–Crippen LogP) is 4.66. The third-order valence-corrected chi connectivity index (χ3v) is 4.65. The second-order valence-corrected chi connectivity index (χ2v) is 7.68. The summed E-state index contributed by atoms with van der Waals surface area (Å²) in [5, 5.41) is 3.84. The highest BCUT2D eigenvalue weighted by Crippen LogP contribution is 2.31. The van der Waals surface area contributed by atoms with Gasteiger partial charge in [-0.05, 0) is 38.0 Å². The Morgan fingerprint density at radius 1 is 1.29 bits per heavy atom. The van der Waals surface area contributed by atoms with Crippen molar-refractivity contribution in [1.82, 2.24) is 4.98 Å². The number of ether oxygens (including phenoxy) is 2. The van der Waals surface area contributed by atoms with Gasteiger partial charge in [0.1, 0.15) is 22.0 Å². The van der Waals surface area contributed by atoms with E-state index >= 15 is 0 Å². The molecule has 0 radical (unpaired) electrons. The van der Waals surface area contributed by atoms with Crippen molar-refractivity contribution in [2.24, 2.45) is 5.92 Å². The molecule has 28 heavy (non-hydrogen) atoms. The number of thiazole rings is 1. The summed E-state index contributed by atoms with van der Waals surface area (Å²) >= 11 is 1.06. The molecule has 0 saturated heterocycles. The highest BCUT2D eigenvalue weighted by atomic mass is 32.1. The lowest BCUT2D eigenvalue weighted by molar-refractivity contribution is 0.0531. The second kappa shape index (κ2) is 8.43. The minimum atomic E-state index is -0.461. The summed E-state index contributed by atoms with van der Waals surface area (Å²) in [6.45, 7) is 8.49. The second-order valence-electron chi connectivity index (χ2n) is 6.65. The van der Waals surface area contributed by atoms with E-state index in [9.17, 15) is 9.59 Å². The van der Waals surface area contributed by atoms with Gasteiger partial charge in [-0.25, -0.2) is 9.78 Å². The van der Waals surface area contributed by atoms with Crippen LogP contribution in [0.3, 0.4) is 0 Å². The largest absolute Gasteiger partial charge is 0.493 e. The van der Waals surface area contributed by atoms with E-state index in [0.717, 1.165) is 22.5 Å². The molecular formula is C20H22N2O5S. The lowest BCUT2D eigenvalue weighted by Gasteiger charge is -2.11. The summed E-state index contributed by atoms with van der Waals surface area (Å²) < 4.78 is 16.5. The Morgan fingerprint density at radius 2 is 2.07 bits per heavy atom. The van der Waals surface area contributed by atoms with Crippen LogP contribution >= 0.6 is 11.3 Å². The van der Waals surface area contributed by atoms with Gasteiger partial charge in [-0.1, -0.05) is 25.2 Å². The third kappa shape index (κ3) is 4.51. The number of carbonyl (C=O) groups is 2. The molecule has 7 nitrogen and oxygen atoms in total. The highest BCUT2D eigenvalue weighted by Gasteiger charge is 2.17. The zero-order valence-corrected chi connectivity index (χ0v) is 17.0. The Balaban J connectivity index is 1.84. The molecule has 0 bridgehead atoms. The number of amides is 1. The fourth-order valence-electron chi connectivity index (χ4n) is 2.54. The number of rotatable bonds is 7. The number of nitrogens with zero attached hydrogens (tertiary/aromatic N) is 1. The van der Waals surface area contributed by atoms with E-state index in [1.807, 2.05) is 13.0 Å². The number of hydrogen-bond acceptors (Lipinski definition) is 7. The molecule has 0 unspecified atom stereocenters. The summed E-state index contributed by atoms with van der Waals surface area (Å²) in [5.74, 6) is 0.852. The van der Waals surface area contributed by atoms with Crippen molar-refractivity contribution in [3.05, 3.63) is 40.6 Å². The number of fused-ring (bicyclic) bond motifs is 1. The summed E-state index contributed by atoms with van der Waals surface area (Å²) in [6.07, 6.45) is 1.38. The normalized spacial score (nSPS) is 11.0. The highest BCUT2D eigenvalue weighted by molar-refractivity contribution is 7.17. The first-order chi connectivity index (χ1) is 13.4. The van der Waals surface area contributed by atoms with E-state index in [1.165, 1.54) is 6.20 Å². The monoisotopic (exact) mass is 402 g/mol. The molecule has 8 heteroatoms. The van der Waals surface area contributed by atoms with Gasteiger partial charge in [0.15, 0.2) is 5.13 Å². The van der Waals surface area contributed by atoms with Gasteiger partial charge < -0.3 is 13.9 Å². The first-order valence-electron chi connectivity index (χ1n) is 8.98. The molecular weight excluding hydrogens is 380 g/mol. The van der Waals surface area contributed by atoms with Crippen LogP contribution in [0.1, 0.15) is 46.6 Å². The van der Waals surface area contributed by atoms with Gasteiger partial charge in [-0.15, -0.1) is 0 Å². The average molecular weight is 402 g/mol. The van der Waals surface area contributed by atoms with Gasteiger partial charge in [-0.3, -0.25) is 10.1 Å². The molecule has 3 aromatic rings. The van der Waals surface area contributed by atoms with Crippen molar-refractivity contribution in [3.63, 3.8) is 0 Å². The standard InChI is InChI=1S/C20H22N2O5S/c1-5-25-19(24)17-9-21-20(28-17)22-18(23)13-7-15(26-10-11(2)3)14-6-12(4)27-16(14)8-13/h6-9,11H,5,10H2,1-4H3,(H,21,22,23). The van der Waals surface area contributed by atoms with Gasteiger partial charge in [0.25, 0.3) is 5.91 Å². The summed E-state index contributed by atoms with van der Waals surface area (Å²) in [7, 11) is 0. The van der Waals surface area contributed by atoms with Crippen molar-refractivity contribution >= 4 is 39.3 Å². The Bertz CT molecular complexity index is 1010. The van der Waals surface area contributed by atoms with Gasteiger partial charge in [0.05, 0.1) is 24.8 Å². The van der Waals surface area contributed by atoms with Crippen molar-refractivity contribution < 1.29 is 23.5 Å². The van der Waals surface area contributed by atoms with Crippen LogP contribution in [-0.4, -0.2) is 30.1 Å². The summed E-state index contributed by atoms with van der Waals surface area (Å²) in [5.41, 5.74) is 0.962. The third-order valence-electron chi connectivity index (χ3n) is 3.76. The zero-order valence-electron chi connectivity index (χ0n) is 16.2. The molecule has 0 atom stereocenters. The maximum Gasteiger partial charge on any atom is 0.350 e.